The monoisotopic (exact) mass is 184 g/mol. The highest BCUT2D eigenvalue weighted by Gasteiger charge is 2.46. The lowest BCUT2D eigenvalue weighted by molar-refractivity contribution is -0.161. The van der Waals surface area contributed by atoms with Crippen molar-refractivity contribution in [2.45, 2.75) is 31.5 Å². The van der Waals surface area contributed by atoms with Gasteiger partial charge in [-0.3, -0.25) is 9.59 Å². The summed E-state index contributed by atoms with van der Waals surface area (Å²) < 4.78 is 10.1. The Morgan fingerprint density at radius 1 is 1.54 bits per heavy atom. The summed E-state index contributed by atoms with van der Waals surface area (Å²) in [6.07, 6.45) is 1.90. The lowest BCUT2D eigenvalue weighted by atomic mass is 9.94. The lowest BCUT2D eigenvalue weighted by Gasteiger charge is -2.25. The van der Waals surface area contributed by atoms with E-state index in [0.29, 0.717) is 6.42 Å². The Morgan fingerprint density at radius 3 is 3.00 bits per heavy atom. The van der Waals surface area contributed by atoms with Crippen molar-refractivity contribution in [2.24, 2.45) is 5.92 Å². The second-order valence-corrected chi connectivity index (χ2v) is 3.55. The quantitative estimate of drug-likeness (QED) is 0.434. The SMILES string of the molecule is COC(=O)[C@H]1C(=O)C[C@H]2CC[C@@H]1O2. The van der Waals surface area contributed by atoms with Gasteiger partial charge in [-0.25, -0.2) is 0 Å². The molecule has 72 valence electrons. The third-order valence-electron chi connectivity index (χ3n) is 2.74. The summed E-state index contributed by atoms with van der Waals surface area (Å²) in [5, 5.41) is 0. The van der Waals surface area contributed by atoms with Crippen molar-refractivity contribution >= 4 is 11.8 Å². The molecule has 2 aliphatic heterocycles. The van der Waals surface area contributed by atoms with Gasteiger partial charge in [-0.15, -0.1) is 0 Å². The third kappa shape index (κ3) is 1.35. The Balaban J connectivity index is 2.16. The zero-order valence-electron chi connectivity index (χ0n) is 7.49. The van der Waals surface area contributed by atoms with E-state index in [1.54, 1.807) is 0 Å². The summed E-state index contributed by atoms with van der Waals surface area (Å²) in [6.45, 7) is 0. The van der Waals surface area contributed by atoms with Gasteiger partial charge < -0.3 is 9.47 Å². The average Bonchev–Trinajstić information content (AvgIpc) is 2.48. The molecule has 0 aromatic rings. The van der Waals surface area contributed by atoms with E-state index in [1.165, 1.54) is 7.11 Å². The molecule has 2 rings (SSSR count). The highest BCUT2D eigenvalue weighted by molar-refractivity contribution is 6.00. The van der Waals surface area contributed by atoms with Crippen LogP contribution in [0.2, 0.25) is 0 Å². The molecule has 0 spiro atoms. The highest BCUT2D eigenvalue weighted by atomic mass is 16.5. The minimum atomic E-state index is -0.663. The van der Waals surface area contributed by atoms with E-state index < -0.39 is 11.9 Å². The molecule has 2 bridgehead atoms. The third-order valence-corrected chi connectivity index (χ3v) is 2.74. The van der Waals surface area contributed by atoms with Gasteiger partial charge in [-0.2, -0.15) is 0 Å². The molecule has 4 nitrogen and oxygen atoms in total. The Hall–Kier alpha value is -0.900. The summed E-state index contributed by atoms with van der Waals surface area (Å²) in [5.41, 5.74) is 0. The summed E-state index contributed by atoms with van der Waals surface area (Å²) in [7, 11) is 1.30. The van der Waals surface area contributed by atoms with Crippen molar-refractivity contribution in [1.29, 1.82) is 0 Å². The fourth-order valence-electron chi connectivity index (χ4n) is 2.10. The van der Waals surface area contributed by atoms with Gasteiger partial charge in [-0.1, -0.05) is 0 Å². The summed E-state index contributed by atoms with van der Waals surface area (Å²) in [5.74, 6) is -1.13. The molecule has 0 aliphatic carbocycles. The van der Waals surface area contributed by atoms with Crippen molar-refractivity contribution in [3.63, 3.8) is 0 Å². The van der Waals surface area contributed by atoms with Crippen molar-refractivity contribution in [2.75, 3.05) is 7.11 Å². The van der Waals surface area contributed by atoms with Crippen LogP contribution in [0.25, 0.3) is 0 Å². The van der Waals surface area contributed by atoms with E-state index in [0.717, 1.165) is 12.8 Å². The van der Waals surface area contributed by atoms with E-state index in [4.69, 9.17) is 4.74 Å². The predicted octanol–water partition coefficient (Wildman–Crippen LogP) is 0.296. The molecule has 13 heavy (non-hydrogen) atoms. The van der Waals surface area contributed by atoms with Gasteiger partial charge in [0.2, 0.25) is 0 Å². The number of fused-ring (bicyclic) bond motifs is 2. The molecule has 0 amide bonds. The van der Waals surface area contributed by atoms with Gasteiger partial charge >= 0.3 is 5.97 Å². The molecule has 0 saturated carbocycles. The standard InChI is InChI=1S/C9H12O4/c1-12-9(11)8-6(10)4-5-2-3-7(8)13-5/h5,7-8H,2-4H2,1H3/t5-,7+,8+/m1/s1. The van der Waals surface area contributed by atoms with Crippen LogP contribution in [0.15, 0.2) is 0 Å². The van der Waals surface area contributed by atoms with Crippen LogP contribution in [-0.4, -0.2) is 31.1 Å². The van der Waals surface area contributed by atoms with E-state index >= 15 is 0 Å². The van der Waals surface area contributed by atoms with Crippen molar-refractivity contribution in [3.8, 4) is 0 Å². The number of rotatable bonds is 1. The van der Waals surface area contributed by atoms with Crippen LogP contribution in [0.5, 0.6) is 0 Å². The topological polar surface area (TPSA) is 52.6 Å². The lowest BCUT2D eigenvalue weighted by Crippen LogP contribution is -2.41. The molecule has 4 heteroatoms. The molecular formula is C9H12O4. The normalized spacial score (nSPS) is 37.6. The van der Waals surface area contributed by atoms with Gasteiger partial charge in [-0.05, 0) is 12.8 Å². The first-order valence-corrected chi connectivity index (χ1v) is 4.48. The Bertz CT molecular complexity index is 248. The van der Waals surface area contributed by atoms with Gasteiger partial charge in [0, 0.05) is 6.42 Å². The largest absolute Gasteiger partial charge is 0.468 e. The van der Waals surface area contributed by atoms with E-state index in [1.807, 2.05) is 0 Å². The van der Waals surface area contributed by atoms with Crippen molar-refractivity contribution in [1.82, 2.24) is 0 Å². The first-order chi connectivity index (χ1) is 6.22. The van der Waals surface area contributed by atoms with Crippen LogP contribution >= 0.6 is 0 Å². The number of Topliss-reactive ketones (excluding diaryl/α,β-unsaturated/α-hetero) is 1. The zero-order valence-corrected chi connectivity index (χ0v) is 7.49. The minimum absolute atomic E-state index is 0.0226. The number of hydrogen-bond donors (Lipinski definition) is 0. The number of carbonyl (C=O) groups is 2. The van der Waals surface area contributed by atoms with Gasteiger partial charge in [0.25, 0.3) is 0 Å². The fraction of sp³-hybridized carbons (Fsp3) is 0.778. The highest BCUT2D eigenvalue weighted by Crippen LogP contribution is 2.34. The first-order valence-electron chi connectivity index (χ1n) is 4.48. The van der Waals surface area contributed by atoms with Crippen molar-refractivity contribution < 1.29 is 19.1 Å². The molecule has 2 saturated heterocycles. The number of carbonyl (C=O) groups excluding carboxylic acids is 2. The molecule has 0 unspecified atom stereocenters. The van der Waals surface area contributed by atoms with Crippen LogP contribution in [-0.2, 0) is 19.1 Å². The van der Waals surface area contributed by atoms with Crippen LogP contribution in [0.1, 0.15) is 19.3 Å². The fourth-order valence-corrected chi connectivity index (χ4v) is 2.10. The number of ketones is 1. The van der Waals surface area contributed by atoms with E-state index in [9.17, 15) is 9.59 Å². The van der Waals surface area contributed by atoms with Gasteiger partial charge in [0.1, 0.15) is 5.92 Å². The van der Waals surface area contributed by atoms with Crippen LogP contribution in [0.3, 0.4) is 0 Å². The molecule has 0 aromatic heterocycles. The first kappa shape index (κ1) is 8.69. The molecule has 3 atom stereocenters. The van der Waals surface area contributed by atoms with E-state index in [-0.39, 0.29) is 18.0 Å². The van der Waals surface area contributed by atoms with Crippen LogP contribution in [0.4, 0.5) is 0 Å². The Kier molecular flexibility index (Phi) is 2.07. The number of methoxy groups -OCH3 is 1. The maximum absolute atomic E-state index is 11.5. The maximum Gasteiger partial charge on any atom is 0.318 e. The summed E-state index contributed by atoms with van der Waals surface area (Å²) in [6, 6.07) is 0. The smallest absolute Gasteiger partial charge is 0.318 e. The summed E-state index contributed by atoms with van der Waals surface area (Å²) >= 11 is 0. The number of esters is 1. The second kappa shape index (κ2) is 3.10. The maximum atomic E-state index is 11.5. The predicted molar refractivity (Wildman–Crippen MR) is 43.0 cm³/mol. The molecule has 0 aromatic carbocycles. The molecule has 2 heterocycles. The average molecular weight is 184 g/mol. The van der Waals surface area contributed by atoms with Gasteiger partial charge in [0.05, 0.1) is 19.3 Å². The van der Waals surface area contributed by atoms with Crippen LogP contribution < -0.4 is 0 Å². The summed E-state index contributed by atoms with van der Waals surface area (Å²) in [4.78, 5) is 22.7. The minimum Gasteiger partial charge on any atom is -0.468 e. The van der Waals surface area contributed by atoms with Gasteiger partial charge in [0.15, 0.2) is 5.78 Å². The molecule has 2 aliphatic rings. The molecule has 0 radical (unpaired) electrons. The van der Waals surface area contributed by atoms with Crippen molar-refractivity contribution in [3.05, 3.63) is 0 Å². The van der Waals surface area contributed by atoms with Crippen LogP contribution in [0, 0.1) is 5.92 Å². The second-order valence-electron chi connectivity index (χ2n) is 3.55. The van der Waals surface area contributed by atoms with E-state index in [2.05, 4.69) is 4.74 Å². The number of hydrogen-bond acceptors (Lipinski definition) is 4. The Labute approximate surface area is 76.2 Å². The molecule has 2 fully saturated rings. The zero-order chi connectivity index (χ0) is 9.42. The Morgan fingerprint density at radius 2 is 2.31 bits per heavy atom. The molecule has 0 N–H and O–H groups in total. The number of ether oxygens (including phenoxy) is 2. The molecular weight excluding hydrogens is 172 g/mol.